The number of aryl methyl sites for hydroxylation is 1. The van der Waals surface area contributed by atoms with Crippen LogP contribution in [0.4, 0.5) is 0 Å². The van der Waals surface area contributed by atoms with Gasteiger partial charge in [0.15, 0.2) is 0 Å². The van der Waals surface area contributed by atoms with E-state index in [1.54, 1.807) is 7.11 Å². The maximum atomic E-state index is 12.7. The molecular formula is C17H22N2O2S. The lowest BCUT2D eigenvalue weighted by molar-refractivity contribution is 0.0703. The van der Waals surface area contributed by atoms with Crippen LogP contribution in [-0.4, -0.2) is 34.9 Å². The van der Waals surface area contributed by atoms with Gasteiger partial charge in [-0.2, -0.15) is 4.37 Å². The SMILES string of the molecule is CCN(C(=O)c1csnc1C)[C@H](C)Cc1ccc(OC)cc1. The van der Waals surface area contributed by atoms with E-state index in [0.717, 1.165) is 17.9 Å². The largest absolute Gasteiger partial charge is 0.497 e. The second-order valence-electron chi connectivity index (χ2n) is 5.31. The molecule has 0 unspecified atom stereocenters. The molecule has 1 aromatic heterocycles. The lowest BCUT2D eigenvalue weighted by Gasteiger charge is -2.28. The molecule has 2 aromatic rings. The summed E-state index contributed by atoms with van der Waals surface area (Å²) in [6, 6.07) is 8.13. The average Bonchev–Trinajstić information content (AvgIpc) is 2.94. The average molecular weight is 318 g/mol. The minimum atomic E-state index is 0.0646. The predicted molar refractivity (Wildman–Crippen MR) is 89.7 cm³/mol. The first-order valence-corrected chi connectivity index (χ1v) is 8.25. The van der Waals surface area contributed by atoms with Crippen molar-refractivity contribution in [3.8, 4) is 5.75 Å². The molecule has 0 N–H and O–H groups in total. The summed E-state index contributed by atoms with van der Waals surface area (Å²) in [5.74, 6) is 0.912. The number of amides is 1. The Morgan fingerprint density at radius 1 is 1.36 bits per heavy atom. The molecule has 1 atom stereocenters. The van der Waals surface area contributed by atoms with Crippen molar-refractivity contribution in [3.63, 3.8) is 0 Å². The van der Waals surface area contributed by atoms with E-state index in [-0.39, 0.29) is 11.9 Å². The van der Waals surface area contributed by atoms with Crippen LogP contribution in [0.5, 0.6) is 5.75 Å². The van der Waals surface area contributed by atoms with E-state index in [9.17, 15) is 4.79 Å². The first-order chi connectivity index (χ1) is 10.6. The summed E-state index contributed by atoms with van der Waals surface area (Å²) in [6.07, 6.45) is 0.820. The van der Waals surface area contributed by atoms with Crippen molar-refractivity contribution in [3.05, 3.63) is 46.5 Å². The van der Waals surface area contributed by atoms with Gasteiger partial charge in [-0.25, -0.2) is 0 Å². The van der Waals surface area contributed by atoms with E-state index in [2.05, 4.69) is 11.3 Å². The highest BCUT2D eigenvalue weighted by Gasteiger charge is 2.22. The van der Waals surface area contributed by atoms with Gasteiger partial charge in [-0.1, -0.05) is 12.1 Å². The molecule has 4 nitrogen and oxygen atoms in total. The van der Waals surface area contributed by atoms with Gasteiger partial charge >= 0.3 is 0 Å². The number of hydrogen-bond acceptors (Lipinski definition) is 4. The number of nitrogens with zero attached hydrogens (tertiary/aromatic N) is 2. The van der Waals surface area contributed by atoms with Crippen molar-refractivity contribution in [2.45, 2.75) is 33.2 Å². The molecule has 118 valence electrons. The number of hydrogen-bond donors (Lipinski definition) is 0. The zero-order valence-corrected chi connectivity index (χ0v) is 14.3. The molecule has 0 aliphatic heterocycles. The van der Waals surface area contributed by atoms with Crippen LogP contribution in [0.2, 0.25) is 0 Å². The maximum absolute atomic E-state index is 12.7. The molecule has 0 bridgehead atoms. The lowest BCUT2D eigenvalue weighted by Crippen LogP contribution is -2.39. The molecule has 1 amide bonds. The smallest absolute Gasteiger partial charge is 0.256 e. The van der Waals surface area contributed by atoms with Gasteiger partial charge in [0.1, 0.15) is 5.75 Å². The first kappa shape index (κ1) is 16.5. The summed E-state index contributed by atoms with van der Waals surface area (Å²) in [6.45, 7) is 6.66. The monoisotopic (exact) mass is 318 g/mol. The minimum Gasteiger partial charge on any atom is -0.497 e. The highest BCUT2D eigenvalue weighted by Crippen LogP contribution is 2.18. The van der Waals surface area contributed by atoms with Crippen LogP contribution in [0.1, 0.15) is 35.5 Å². The highest BCUT2D eigenvalue weighted by molar-refractivity contribution is 7.03. The molecule has 0 fully saturated rings. The third-order valence-corrected chi connectivity index (χ3v) is 4.52. The summed E-state index contributed by atoms with van der Waals surface area (Å²) in [4.78, 5) is 14.6. The first-order valence-electron chi connectivity index (χ1n) is 7.41. The third kappa shape index (κ3) is 3.65. The molecule has 0 aliphatic rings. The molecular weight excluding hydrogens is 296 g/mol. The minimum absolute atomic E-state index is 0.0646. The van der Waals surface area contributed by atoms with Crippen molar-refractivity contribution in [2.75, 3.05) is 13.7 Å². The molecule has 1 aromatic carbocycles. The zero-order chi connectivity index (χ0) is 16.1. The summed E-state index contributed by atoms with van der Waals surface area (Å²) < 4.78 is 9.37. The fraction of sp³-hybridized carbons (Fsp3) is 0.412. The fourth-order valence-corrected chi connectivity index (χ4v) is 3.21. The number of aromatic nitrogens is 1. The van der Waals surface area contributed by atoms with E-state index in [0.29, 0.717) is 12.1 Å². The van der Waals surface area contributed by atoms with Crippen LogP contribution in [-0.2, 0) is 6.42 Å². The molecule has 22 heavy (non-hydrogen) atoms. The molecule has 0 spiro atoms. The Balaban J connectivity index is 2.09. The lowest BCUT2D eigenvalue weighted by atomic mass is 10.0. The standard InChI is InChI=1S/C17H22N2O2S/c1-5-19(17(20)16-11-22-18-13(16)3)12(2)10-14-6-8-15(21-4)9-7-14/h6-9,11-12H,5,10H2,1-4H3/t12-/m1/s1. The van der Waals surface area contributed by atoms with Gasteiger partial charge in [-0.05, 0) is 56.4 Å². The Hall–Kier alpha value is -1.88. The summed E-state index contributed by atoms with van der Waals surface area (Å²) in [7, 11) is 1.66. The molecule has 1 heterocycles. The molecule has 0 saturated carbocycles. The summed E-state index contributed by atoms with van der Waals surface area (Å²) >= 11 is 1.33. The van der Waals surface area contributed by atoms with Crippen LogP contribution in [0.15, 0.2) is 29.6 Å². The van der Waals surface area contributed by atoms with Crippen molar-refractivity contribution in [1.82, 2.24) is 9.27 Å². The third-order valence-electron chi connectivity index (χ3n) is 3.80. The van der Waals surface area contributed by atoms with E-state index in [1.165, 1.54) is 17.1 Å². The van der Waals surface area contributed by atoms with Gasteiger partial charge in [-0.3, -0.25) is 4.79 Å². The Morgan fingerprint density at radius 2 is 2.05 bits per heavy atom. The van der Waals surface area contributed by atoms with Crippen LogP contribution in [0.3, 0.4) is 0 Å². The van der Waals surface area contributed by atoms with Crippen molar-refractivity contribution in [2.24, 2.45) is 0 Å². The van der Waals surface area contributed by atoms with Gasteiger partial charge in [0, 0.05) is 18.0 Å². The normalized spacial score (nSPS) is 12.0. The maximum Gasteiger partial charge on any atom is 0.256 e. The number of benzene rings is 1. The summed E-state index contributed by atoms with van der Waals surface area (Å²) in [5.41, 5.74) is 2.72. The second-order valence-corrected chi connectivity index (χ2v) is 5.94. The Bertz CT molecular complexity index is 622. The highest BCUT2D eigenvalue weighted by atomic mass is 32.1. The molecule has 0 radical (unpaired) electrons. The van der Waals surface area contributed by atoms with Crippen LogP contribution < -0.4 is 4.74 Å². The van der Waals surface area contributed by atoms with Crippen LogP contribution >= 0.6 is 11.5 Å². The van der Waals surface area contributed by atoms with Crippen LogP contribution in [0, 0.1) is 6.92 Å². The van der Waals surface area contributed by atoms with E-state index < -0.39 is 0 Å². The van der Waals surface area contributed by atoms with Gasteiger partial charge in [0.05, 0.1) is 18.4 Å². The van der Waals surface area contributed by atoms with Gasteiger partial charge < -0.3 is 9.64 Å². The number of ether oxygens (including phenoxy) is 1. The van der Waals surface area contributed by atoms with Gasteiger partial charge in [-0.15, -0.1) is 0 Å². The molecule has 0 saturated heterocycles. The number of likely N-dealkylation sites (N-methyl/N-ethyl adjacent to an activating group) is 1. The number of rotatable bonds is 6. The fourth-order valence-electron chi connectivity index (χ4n) is 2.52. The van der Waals surface area contributed by atoms with Crippen molar-refractivity contribution in [1.29, 1.82) is 0 Å². The molecule has 5 heteroatoms. The van der Waals surface area contributed by atoms with Crippen molar-refractivity contribution < 1.29 is 9.53 Å². The number of carbonyl (C=O) groups is 1. The van der Waals surface area contributed by atoms with E-state index >= 15 is 0 Å². The number of methoxy groups -OCH3 is 1. The Kier molecular flexibility index (Phi) is 5.55. The Morgan fingerprint density at radius 3 is 2.55 bits per heavy atom. The van der Waals surface area contributed by atoms with Gasteiger partial charge in [0.2, 0.25) is 0 Å². The zero-order valence-electron chi connectivity index (χ0n) is 13.5. The predicted octanol–water partition coefficient (Wildman–Crippen LogP) is 3.55. The Labute approximate surface area is 135 Å². The summed E-state index contributed by atoms with van der Waals surface area (Å²) in [5, 5.41) is 1.83. The molecule has 2 rings (SSSR count). The van der Waals surface area contributed by atoms with Gasteiger partial charge in [0.25, 0.3) is 5.91 Å². The second kappa shape index (κ2) is 7.40. The molecule has 0 aliphatic carbocycles. The van der Waals surface area contributed by atoms with Crippen molar-refractivity contribution >= 4 is 17.4 Å². The topological polar surface area (TPSA) is 42.4 Å². The number of carbonyl (C=O) groups excluding carboxylic acids is 1. The van der Waals surface area contributed by atoms with Crippen LogP contribution in [0.25, 0.3) is 0 Å². The van der Waals surface area contributed by atoms with E-state index in [4.69, 9.17) is 4.74 Å². The van der Waals surface area contributed by atoms with E-state index in [1.807, 2.05) is 48.4 Å². The quantitative estimate of drug-likeness (QED) is 0.818.